The molecule has 4 rings (SSSR count). The summed E-state index contributed by atoms with van der Waals surface area (Å²) in [5, 5.41) is 1.28. The molecule has 0 unspecified atom stereocenters. The molecule has 3 aromatic rings. The van der Waals surface area contributed by atoms with Crippen molar-refractivity contribution < 1.29 is 9.53 Å². The zero-order chi connectivity index (χ0) is 27.1. The summed E-state index contributed by atoms with van der Waals surface area (Å²) in [6.07, 6.45) is 2.10. The molecule has 0 fully saturated rings. The van der Waals surface area contributed by atoms with Crippen molar-refractivity contribution in [2.45, 2.75) is 91.1 Å². The highest BCUT2D eigenvalue weighted by atomic mass is 28.3. The van der Waals surface area contributed by atoms with Gasteiger partial charge in [0.2, 0.25) is 0 Å². The van der Waals surface area contributed by atoms with Crippen molar-refractivity contribution >= 4 is 36.6 Å². The second-order valence-corrected chi connectivity index (χ2v) is 18.1. The van der Waals surface area contributed by atoms with Crippen molar-refractivity contribution in [3.8, 4) is 0 Å². The molecule has 0 N–H and O–H groups in total. The van der Waals surface area contributed by atoms with E-state index in [1.165, 1.54) is 16.6 Å². The number of para-hydroxylation sites is 1. The van der Waals surface area contributed by atoms with E-state index >= 15 is 0 Å². The molecule has 200 valence electrons. The van der Waals surface area contributed by atoms with E-state index < -0.39 is 13.8 Å². The minimum atomic E-state index is -1.89. The van der Waals surface area contributed by atoms with Crippen LogP contribution in [0.5, 0.6) is 0 Å². The van der Waals surface area contributed by atoms with Crippen LogP contribution in [0.3, 0.4) is 0 Å². The van der Waals surface area contributed by atoms with Gasteiger partial charge in [0.15, 0.2) is 8.24 Å². The molecule has 2 aromatic carbocycles. The fraction of sp³-hybridized carbons (Fsp3) is 0.516. The number of fused-ring (bicyclic) bond motifs is 2. The van der Waals surface area contributed by atoms with E-state index in [1.807, 2.05) is 25.7 Å². The summed E-state index contributed by atoms with van der Waals surface area (Å²) in [5.41, 5.74) is 6.16. The third kappa shape index (κ3) is 4.92. The normalized spacial score (nSPS) is 15.0. The molecule has 1 aliphatic heterocycles. The van der Waals surface area contributed by atoms with Gasteiger partial charge in [0.25, 0.3) is 0 Å². The summed E-state index contributed by atoms with van der Waals surface area (Å²) >= 11 is 0. The number of carbonyl (C=O) groups is 1. The fourth-order valence-corrected chi connectivity index (χ4v) is 13.4. The maximum absolute atomic E-state index is 13.0. The monoisotopic (exact) mass is 519 g/mol. The maximum atomic E-state index is 13.0. The van der Waals surface area contributed by atoms with Gasteiger partial charge in [0.1, 0.15) is 5.60 Å². The predicted octanol–water partition coefficient (Wildman–Crippen LogP) is 8.55. The fourth-order valence-electron chi connectivity index (χ4n) is 6.83. The van der Waals surface area contributed by atoms with Gasteiger partial charge in [-0.3, -0.25) is 0 Å². The molecule has 5 nitrogen and oxygen atoms in total. The van der Waals surface area contributed by atoms with E-state index in [9.17, 15) is 4.79 Å². The maximum Gasteiger partial charge on any atom is 0.410 e. The number of aromatic nitrogens is 1. The van der Waals surface area contributed by atoms with Crippen LogP contribution in [0.15, 0.2) is 54.7 Å². The number of amides is 1. The Morgan fingerprint density at radius 2 is 1.46 bits per heavy atom. The predicted molar refractivity (Wildman–Crippen MR) is 158 cm³/mol. The number of nitrogens with zero attached hydrogens (tertiary/aromatic N) is 3. The summed E-state index contributed by atoms with van der Waals surface area (Å²) in [6.45, 7) is 22.1. The number of ether oxygens (including phenoxy) is 1. The minimum Gasteiger partial charge on any atom is -0.444 e. The number of hydrogen-bond donors (Lipinski definition) is 0. The van der Waals surface area contributed by atoms with Crippen LogP contribution >= 0.6 is 0 Å². The Labute approximate surface area is 224 Å². The molecule has 0 atom stereocenters. The van der Waals surface area contributed by atoms with Gasteiger partial charge in [-0.1, -0.05) is 65.8 Å². The van der Waals surface area contributed by atoms with Crippen molar-refractivity contribution in [1.29, 1.82) is 0 Å². The Morgan fingerprint density at radius 3 is 2.08 bits per heavy atom. The summed E-state index contributed by atoms with van der Waals surface area (Å²) in [4.78, 5) is 17.3. The van der Waals surface area contributed by atoms with Crippen molar-refractivity contribution in [3.05, 3.63) is 60.3 Å². The molecule has 0 saturated carbocycles. The van der Waals surface area contributed by atoms with E-state index in [0.29, 0.717) is 36.3 Å². The summed E-state index contributed by atoms with van der Waals surface area (Å²) in [7, 11) is -1.89. The topological polar surface area (TPSA) is 37.7 Å². The Kier molecular flexibility index (Phi) is 7.53. The third-order valence-corrected chi connectivity index (χ3v) is 14.9. The lowest BCUT2D eigenvalue weighted by Crippen LogP contribution is -2.51. The number of anilines is 2. The largest absolute Gasteiger partial charge is 0.444 e. The standard InChI is InChI=1S/C31H45N3O2Si/c1-22(2)37(23(3)4,24(5)6)34-18-17-26-28(15-12-16-29(26)34)33-20-19-32(30(35)36-31(7,8)9)21-25-13-10-11-14-27(25)33/h10-18,22-24H,19-21H2,1-9H3. The molecule has 1 aliphatic rings. The first-order chi connectivity index (χ1) is 17.4. The molecule has 37 heavy (non-hydrogen) atoms. The van der Waals surface area contributed by atoms with Crippen LogP contribution in [0.1, 0.15) is 67.9 Å². The van der Waals surface area contributed by atoms with Crippen molar-refractivity contribution in [1.82, 2.24) is 9.13 Å². The lowest BCUT2D eigenvalue weighted by atomic mass is 10.1. The molecule has 0 spiro atoms. The molecule has 0 bridgehead atoms. The highest BCUT2D eigenvalue weighted by Gasteiger charge is 2.45. The van der Waals surface area contributed by atoms with Gasteiger partial charge in [-0.25, -0.2) is 4.79 Å². The lowest BCUT2D eigenvalue weighted by molar-refractivity contribution is 0.0244. The van der Waals surface area contributed by atoms with Gasteiger partial charge >= 0.3 is 6.09 Å². The zero-order valence-electron chi connectivity index (χ0n) is 24.2. The molecule has 1 aromatic heterocycles. The quantitative estimate of drug-likeness (QED) is 0.317. The first-order valence-corrected chi connectivity index (χ1v) is 16.0. The third-order valence-electron chi connectivity index (χ3n) is 8.08. The van der Waals surface area contributed by atoms with Crippen LogP contribution in [0, 0.1) is 0 Å². The minimum absolute atomic E-state index is 0.255. The Hall–Kier alpha value is -2.73. The molecular weight excluding hydrogens is 474 g/mol. The average Bonchev–Trinajstić information content (AvgIpc) is 3.12. The van der Waals surface area contributed by atoms with E-state index in [1.54, 1.807) is 0 Å². The number of carbonyl (C=O) groups excluding carboxylic acids is 1. The van der Waals surface area contributed by atoms with Crippen LogP contribution in [0.25, 0.3) is 10.9 Å². The van der Waals surface area contributed by atoms with Crippen LogP contribution < -0.4 is 4.90 Å². The van der Waals surface area contributed by atoms with E-state index in [-0.39, 0.29) is 6.09 Å². The first-order valence-electron chi connectivity index (χ1n) is 13.8. The average molecular weight is 520 g/mol. The van der Waals surface area contributed by atoms with Gasteiger partial charge in [0, 0.05) is 29.7 Å². The number of benzene rings is 2. The van der Waals surface area contributed by atoms with Gasteiger partial charge < -0.3 is 18.8 Å². The molecule has 0 saturated heterocycles. The highest BCUT2D eigenvalue weighted by molar-refractivity contribution is 6.82. The number of hydrogen-bond acceptors (Lipinski definition) is 3. The van der Waals surface area contributed by atoms with Crippen molar-refractivity contribution in [2.24, 2.45) is 0 Å². The molecular formula is C31H45N3O2Si. The van der Waals surface area contributed by atoms with E-state index in [0.717, 1.165) is 11.3 Å². The van der Waals surface area contributed by atoms with Gasteiger partial charge in [-0.05, 0) is 73.4 Å². The molecule has 6 heteroatoms. The van der Waals surface area contributed by atoms with Crippen LogP contribution in [0.2, 0.25) is 16.6 Å². The Morgan fingerprint density at radius 1 is 0.838 bits per heavy atom. The Bertz CT molecular complexity index is 1230. The molecule has 0 radical (unpaired) electrons. The van der Waals surface area contributed by atoms with E-state index in [2.05, 4.69) is 105 Å². The van der Waals surface area contributed by atoms with Crippen molar-refractivity contribution in [3.63, 3.8) is 0 Å². The smallest absolute Gasteiger partial charge is 0.410 e. The molecule has 0 aliphatic carbocycles. The Balaban J connectivity index is 1.81. The lowest BCUT2D eigenvalue weighted by Gasteiger charge is -2.44. The SMILES string of the molecule is CC(C)[Si](C(C)C)(C(C)C)n1ccc2c(N3CCN(C(=O)OC(C)(C)C)Cc4ccccc43)cccc21. The highest BCUT2D eigenvalue weighted by Crippen LogP contribution is 2.45. The van der Waals surface area contributed by atoms with Crippen LogP contribution in [-0.2, 0) is 11.3 Å². The van der Waals surface area contributed by atoms with Gasteiger partial charge in [0.05, 0.1) is 12.2 Å². The first kappa shape index (κ1) is 27.3. The van der Waals surface area contributed by atoms with Crippen LogP contribution in [-0.4, -0.2) is 42.2 Å². The summed E-state index contributed by atoms with van der Waals surface area (Å²) in [6, 6.07) is 17.5. The number of rotatable bonds is 5. The second-order valence-electron chi connectivity index (χ2n) is 12.4. The zero-order valence-corrected chi connectivity index (χ0v) is 25.2. The van der Waals surface area contributed by atoms with Crippen molar-refractivity contribution in [2.75, 3.05) is 18.0 Å². The van der Waals surface area contributed by atoms with Gasteiger partial charge in [-0.15, -0.1) is 0 Å². The molecule has 2 heterocycles. The van der Waals surface area contributed by atoms with E-state index in [4.69, 9.17) is 4.74 Å². The summed E-state index contributed by atoms with van der Waals surface area (Å²) in [5.74, 6) is 0. The summed E-state index contributed by atoms with van der Waals surface area (Å²) < 4.78 is 8.42. The second kappa shape index (κ2) is 10.2. The van der Waals surface area contributed by atoms with Crippen LogP contribution in [0.4, 0.5) is 16.2 Å². The molecule has 1 amide bonds. The van der Waals surface area contributed by atoms with Gasteiger partial charge in [-0.2, -0.15) is 0 Å².